The summed E-state index contributed by atoms with van der Waals surface area (Å²) in [5.74, 6) is 0.495. The Bertz CT molecular complexity index is 1150. The molecule has 160 valence electrons. The minimum atomic E-state index is -0.928. The molecule has 31 heavy (non-hydrogen) atoms. The molecule has 0 saturated carbocycles. The molecule has 4 amide bonds. The van der Waals surface area contributed by atoms with Gasteiger partial charge in [0, 0.05) is 7.05 Å². The van der Waals surface area contributed by atoms with Crippen LogP contribution < -0.4 is 20.3 Å². The number of imidazole rings is 1. The van der Waals surface area contributed by atoms with E-state index in [9.17, 15) is 14.4 Å². The summed E-state index contributed by atoms with van der Waals surface area (Å²) in [6.07, 6.45) is -0.161. The average molecular weight is 421 g/mol. The number of para-hydroxylation sites is 2. The first-order valence-electron chi connectivity index (χ1n) is 9.88. The first-order chi connectivity index (χ1) is 14.9. The highest BCUT2D eigenvalue weighted by molar-refractivity contribution is 6.22. The molecule has 4 rings (SSSR count). The third kappa shape index (κ3) is 3.81. The first kappa shape index (κ1) is 20.4. The minimum Gasteiger partial charge on any atom is -0.497 e. The van der Waals surface area contributed by atoms with Crippen LogP contribution in [-0.2, 0) is 16.6 Å². The van der Waals surface area contributed by atoms with E-state index in [1.54, 1.807) is 24.3 Å². The van der Waals surface area contributed by atoms with Gasteiger partial charge in [0.2, 0.25) is 5.91 Å². The monoisotopic (exact) mass is 421 g/mol. The number of anilines is 1. The summed E-state index contributed by atoms with van der Waals surface area (Å²) in [7, 11) is 3.42. The lowest BCUT2D eigenvalue weighted by Crippen LogP contribution is -2.37. The van der Waals surface area contributed by atoms with Crippen LogP contribution in [0.5, 0.6) is 5.75 Å². The van der Waals surface area contributed by atoms with Gasteiger partial charge in [-0.3, -0.25) is 9.59 Å². The number of fused-ring (bicyclic) bond motifs is 1. The summed E-state index contributed by atoms with van der Waals surface area (Å²) in [4.78, 5) is 43.3. The molecule has 1 saturated heterocycles. The van der Waals surface area contributed by atoms with Crippen LogP contribution in [0.4, 0.5) is 10.5 Å². The van der Waals surface area contributed by atoms with Gasteiger partial charge in [0.1, 0.15) is 17.6 Å². The van der Waals surface area contributed by atoms with E-state index in [1.165, 1.54) is 7.11 Å². The predicted molar refractivity (Wildman–Crippen MR) is 115 cm³/mol. The number of benzene rings is 2. The van der Waals surface area contributed by atoms with Crippen molar-refractivity contribution in [3.05, 3.63) is 54.4 Å². The van der Waals surface area contributed by atoms with Crippen LogP contribution in [0.3, 0.4) is 0 Å². The lowest BCUT2D eigenvalue weighted by molar-refractivity contribution is -0.126. The van der Waals surface area contributed by atoms with Gasteiger partial charge in [-0.2, -0.15) is 0 Å². The van der Waals surface area contributed by atoms with E-state index in [1.807, 2.05) is 42.8 Å². The van der Waals surface area contributed by atoms with Crippen molar-refractivity contribution in [2.24, 2.45) is 7.05 Å². The number of aromatic nitrogens is 2. The molecule has 2 atom stereocenters. The number of imide groups is 1. The number of methoxy groups -OCH3 is 1. The SMILES string of the molecule is COc1ccc(N2C(=O)N[C@H](CC(=O)N[C@@H](C)c3nc4ccccc4n3C)C2=O)cc1. The van der Waals surface area contributed by atoms with Gasteiger partial charge in [-0.05, 0) is 43.3 Å². The number of amides is 4. The maximum Gasteiger partial charge on any atom is 0.329 e. The zero-order chi connectivity index (χ0) is 22.1. The van der Waals surface area contributed by atoms with Crippen LogP contribution in [0.2, 0.25) is 0 Å². The maximum atomic E-state index is 12.7. The number of hydrogen-bond acceptors (Lipinski definition) is 5. The van der Waals surface area contributed by atoms with E-state index in [0.717, 1.165) is 15.9 Å². The molecule has 1 aliphatic rings. The van der Waals surface area contributed by atoms with Crippen molar-refractivity contribution in [3.8, 4) is 5.75 Å². The molecule has 0 spiro atoms. The van der Waals surface area contributed by atoms with Crippen LogP contribution in [0.25, 0.3) is 11.0 Å². The number of aryl methyl sites for hydroxylation is 1. The fraction of sp³-hybridized carbons (Fsp3) is 0.273. The second-order valence-electron chi connectivity index (χ2n) is 7.38. The Morgan fingerprint density at radius 2 is 1.90 bits per heavy atom. The Morgan fingerprint density at radius 3 is 2.58 bits per heavy atom. The summed E-state index contributed by atoms with van der Waals surface area (Å²) >= 11 is 0. The molecule has 1 fully saturated rings. The van der Waals surface area contributed by atoms with Crippen molar-refractivity contribution in [3.63, 3.8) is 0 Å². The van der Waals surface area contributed by atoms with Gasteiger partial charge in [-0.1, -0.05) is 12.1 Å². The van der Waals surface area contributed by atoms with Gasteiger partial charge in [0.05, 0.1) is 36.3 Å². The minimum absolute atomic E-state index is 0.161. The number of carbonyl (C=O) groups excluding carboxylic acids is 3. The van der Waals surface area contributed by atoms with Gasteiger partial charge in [0.25, 0.3) is 5.91 Å². The third-order valence-corrected chi connectivity index (χ3v) is 5.33. The molecule has 3 aromatic rings. The molecule has 2 heterocycles. The van der Waals surface area contributed by atoms with Gasteiger partial charge >= 0.3 is 6.03 Å². The normalized spacial score (nSPS) is 17.0. The van der Waals surface area contributed by atoms with E-state index in [4.69, 9.17) is 4.74 Å². The Morgan fingerprint density at radius 1 is 1.19 bits per heavy atom. The number of nitrogens with one attached hydrogen (secondary N) is 2. The lowest BCUT2D eigenvalue weighted by Gasteiger charge is -2.16. The number of ether oxygens (including phenoxy) is 1. The molecule has 0 bridgehead atoms. The summed E-state index contributed by atoms with van der Waals surface area (Å²) in [5.41, 5.74) is 2.22. The summed E-state index contributed by atoms with van der Waals surface area (Å²) in [5, 5.41) is 5.45. The molecule has 9 heteroatoms. The van der Waals surface area contributed by atoms with Crippen molar-refractivity contribution in [1.82, 2.24) is 20.2 Å². The van der Waals surface area contributed by atoms with Gasteiger partial charge in [-0.15, -0.1) is 0 Å². The topological polar surface area (TPSA) is 106 Å². The molecule has 0 aliphatic carbocycles. The molecule has 2 aromatic carbocycles. The molecule has 1 aromatic heterocycles. The average Bonchev–Trinajstić information content (AvgIpc) is 3.24. The van der Waals surface area contributed by atoms with E-state index in [0.29, 0.717) is 17.3 Å². The van der Waals surface area contributed by atoms with Crippen LogP contribution >= 0.6 is 0 Å². The van der Waals surface area contributed by atoms with Crippen molar-refractivity contribution in [1.29, 1.82) is 0 Å². The van der Waals surface area contributed by atoms with Crippen molar-refractivity contribution >= 4 is 34.6 Å². The van der Waals surface area contributed by atoms with Crippen LogP contribution in [0.15, 0.2) is 48.5 Å². The smallest absolute Gasteiger partial charge is 0.329 e. The van der Waals surface area contributed by atoms with Crippen molar-refractivity contribution in [2.45, 2.75) is 25.4 Å². The Kier molecular flexibility index (Phi) is 5.33. The molecule has 1 aliphatic heterocycles. The highest BCUT2D eigenvalue weighted by Gasteiger charge is 2.40. The maximum absolute atomic E-state index is 12.7. The predicted octanol–water partition coefficient (Wildman–Crippen LogP) is 2.27. The van der Waals surface area contributed by atoms with Gasteiger partial charge in [0.15, 0.2) is 0 Å². The number of nitrogens with zero attached hydrogens (tertiary/aromatic N) is 3. The van der Waals surface area contributed by atoms with Crippen LogP contribution in [0, 0.1) is 0 Å². The fourth-order valence-corrected chi connectivity index (χ4v) is 3.75. The van der Waals surface area contributed by atoms with Gasteiger partial charge < -0.3 is 19.9 Å². The lowest BCUT2D eigenvalue weighted by atomic mass is 10.1. The largest absolute Gasteiger partial charge is 0.497 e. The number of hydrogen-bond donors (Lipinski definition) is 2. The highest BCUT2D eigenvalue weighted by atomic mass is 16.5. The standard InChI is InChI=1S/C22H23N5O4/c1-13(20-24-16-6-4-5-7-18(16)26(20)2)23-19(28)12-17-21(29)27(22(30)25-17)14-8-10-15(31-3)11-9-14/h4-11,13,17H,12H2,1-3H3,(H,23,28)(H,25,30)/t13-,17+/m0/s1. The molecular formula is C22H23N5O4. The van der Waals surface area contributed by atoms with E-state index < -0.39 is 18.0 Å². The zero-order valence-corrected chi connectivity index (χ0v) is 17.5. The zero-order valence-electron chi connectivity index (χ0n) is 17.5. The fourth-order valence-electron chi connectivity index (χ4n) is 3.75. The van der Waals surface area contributed by atoms with E-state index in [-0.39, 0.29) is 18.4 Å². The molecular weight excluding hydrogens is 398 g/mol. The van der Waals surface area contributed by atoms with Crippen molar-refractivity contribution in [2.75, 3.05) is 12.0 Å². The quantitative estimate of drug-likeness (QED) is 0.594. The second-order valence-corrected chi connectivity index (χ2v) is 7.38. The van der Waals surface area contributed by atoms with E-state index in [2.05, 4.69) is 15.6 Å². The Balaban J connectivity index is 1.42. The van der Waals surface area contributed by atoms with Crippen LogP contribution in [0.1, 0.15) is 25.2 Å². The Hall–Kier alpha value is -3.88. The van der Waals surface area contributed by atoms with Crippen LogP contribution in [-0.4, -0.2) is 40.5 Å². The first-order valence-corrected chi connectivity index (χ1v) is 9.88. The summed E-state index contributed by atoms with van der Waals surface area (Å²) in [6.45, 7) is 1.83. The number of rotatable bonds is 6. The number of carbonyl (C=O) groups is 3. The highest BCUT2D eigenvalue weighted by Crippen LogP contribution is 2.24. The summed E-state index contributed by atoms with van der Waals surface area (Å²) < 4.78 is 7.02. The van der Waals surface area contributed by atoms with Gasteiger partial charge in [-0.25, -0.2) is 14.7 Å². The molecule has 0 unspecified atom stereocenters. The molecule has 9 nitrogen and oxygen atoms in total. The van der Waals surface area contributed by atoms with Crippen molar-refractivity contribution < 1.29 is 19.1 Å². The summed E-state index contributed by atoms with van der Waals surface area (Å²) in [6, 6.07) is 12.4. The number of urea groups is 1. The third-order valence-electron chi connectivity index (χ3n) is 5.33. The molecule has 2 N–H and O–H groups in total. The molecule has 0 radical (unpaired) electrons. The Labute approximate surface area is 179 Å². The van der Waals surface area contributed by atoms with E-state index >= 15 is 0 Å². The second kappa shape index (κ2) is 8.10.